The lowest BCUT2D eigenvalue weighted by Crippen LogP contribution is -2.39. The lowest BCUT2D eigenvalue weighted by atomic mass is 10.1. The van der Waals surface area contributed by atoms with Crippen molar-refractivity contribution in [2.75, 3.05) is 18.0 Å². The molecule has 1 aliphatic rings. The molecule has 0 saturated carbocycles. The molecule has 0 amide bonds. The van der Waals surface area contributed by atoms with Crippen LogP contribution in [0.4, 0.5) is 5.95 Å². The van der Waals surface area contributed by atoms with Gasteiger partial charge in [-0.2, -0.15) is 0 Å². The molecular weight excluding hydrogens is 342 g/mol. The molecule has 1 saturated heterocycles. The molecule has 0 unspecified atom stereocenters. The van der Waals surface area contributed by atoms with E-state index in [1.54, 1.807) is 6.07 Å². The van der Waals surface area contributed by atoms with Crippen molar-refractivity contribution in [3.05, 3.63) is 46.7 Å². The van der Waals surface area contributed by atoms with Crippen LogP contribution in [-0.2, 0) is 6.42 Å². The highest BCUT2D eigenvalue weighted by Crippen LogP contribution is 2.29. The summed E-state index contributed by atoms with van der Waals surface area (Å²) in [4.78, 5) is 21.9. The molecule has 0 radical (unpaired) electrons. The summed E-state index contributed by atoms with van der Waals surface area (Å²) in [6, 6.07) is 4.53. The third kappa shape index (κ3) is 4.20. The molecule has 0 atom stereocenters. The summed E-state index contributed by atoms with van der Waals surface area (Å²) in [6.45, 7) is 3.69. The van der Waals surface area contributed by atoms with Gasteiger partial charge in [-0.3, -0.25) is 0 Å². The average Bonchev–Trinajstić information content (AvgIpc) is 2.64. The van der Waals surface area contributed by atoms with E-state index in [1.807, 2.05) is 12.4 Å². The third-order valence-corrected chi connectivity index (χ3v) is 4.59. The number of rotatable bonds is 5. The van der Waals surface area contributed by atoms with Gasteiger partial charge >= 0.3 is 5.97 Å². The number of hydrogen-bond donors (Lipinski definition) is 1. The summed E-state index contributed by atoms with van der Waals surface area (Å²) in [6.07, 6.45) is 6.37. The van der Waals surface area contributed by atoms with Crippen molar-refractivity contribution in [3.63, 3.8) is 0 Å². The normalized spacial score (nSPS) is 15.2. The van der Waals surface area contributed by atoms with Crippen LogP contribution >= 0.6 is 11.6 Å². The first kappa shape index (κ1) is 17.5. The van der Waals surface area contributed by atoms with Gasteiger partial charge in [0.05, 0.1) is 10.6 Å². The fourth-order valence-electron chi connectivity index (χ4n) is 2.78. The molecule has 0 aliphatic carbocycles. The molecule has 1 aliphatic heterocycles. The molecule has 1 N–H and O–H groups in total. The molecule has 132 valence electrons. The van der Waals surface area contributed by atoms with Crippen molar-refractivity contribution in [1.29, 1.82) is 0 Å². The lowest BCUT2D eigenvalue weighted by Gasteiger charge is -2.32. The number of aromatic carboxylic acids is 1. The summed E-state index contributed by atoms with van der Waals surface area (Å²) in [5, 5.41) is 9.30. The Morgan fingerprint density at radius 2 is 2.00 bits per heavy atom. The first-order chi connectivity index (χ1) is 12.1. The Morgan fingerprint density at radius 3 is 2.56 bits per heavy atom. The van der Waals surface area contributed by atoms with Gasteiger partial charge in [0, 0.05) is 38.3 Å². The van der Waals surface area contributed by atoms with Crippen LogP contribution in [0, 0.1) is 0 Å². The SMILES string of the molecule is CCc1cnc(N2CCC(Oc3ccc(C(=O)O)cc3Cl)CC2)nc1. The van der Waals surface area contributed by atoms with Crippen molar-refractivity contribution in [2.45, 2.75) is 32.3 Å². The molecule has 6 nitrogen and oxygen atoms in total. The largest absolute Gasteiger partial charge is 0.489 e. The molecule has 1 aromatic carbocycles. The number of carboxylic acids is 1. The first-order valence-corrected chi connectivity index (χ1v) is 8.70. The topological polar surface area (TPSA) is 75.6 Å². The predicted molar refractivity (Wildman–Crippen MR) is 95.7 cm³/mol. The third-order valence-electron chi connectivity index (χ3n) is 4.30. The van der Waals surface area contributed by atoms with Gasteiger partial charge in [-0.1, -0.05) is 18.5 Å². The average molecular weight is 362 g/mol. The standard InChI is InChI=1S/C18H20ClN3O3/c1-2-12-10-20-18(21-11-12)22-7-5-14(6-8-22)25-16-4-3-13(17(23)24)9-15(16)19/h3-4,9-11,14H,2,5-8H2,1H3,(H,23,24). The second-order valence-electron chi connectivity index (χ2n) is 6.00. The van der Waals surface area contributed by atoms with E-state index in [4.69, 9.17) is 21.4 Å². The van der Waals surface area contributed by atoms with Crippen LogP contribution in [0.15, 0.2) is 30.6 Å². The summed E-state index contributed by atoms with van der Waals surface area (Å²) in [7, 11) is 0. The maximum atomic E-state index is 10.9. The maximum Gasteiger partial charge on any atom is 0.335 e. The highest BCUT2D eigenvalue weighted by Gasteiger charge is 2.23. The number of halogens is 1. The van der Waals surface area contributed by atoms with Gasteiger partial charge in [-0.05, 0) is 30.2 Å². The van der Waals surface area contributed by atoms with E-state index in [0.29, 0.717) is 10.8 Å². The number of carboxylic acid groups (broad SMARTS) is 1. The predicted octanol–water partition coefficient (Wildman–Crippen LogP) is 3.44. The number of anilines is 1. The van der Waals surface area contributed by atoms with Crippen molar-refractivity contribution < 1.29 is 14.6 Å². The molecule has 2 heterocycles. The molecule has 0 spiro atoms. The molecule has 1 aromatic heterocycles. The van der Waals surface area contributed by atoms with Gasteiger partial charge in [0.15, 0.2) is 0 Å². The second-order valence-corrected chi connectivity index (χ2v) is 6.41. The van der Waals surface area contributed by atoms with Crippen LogP contribution in [0.2, 0.25) is 5.02 Å². The number of nitrogens with zero attached hydrogens (tertiary/aromatic N) is 3. The van der Waals surface area contributed by atoms with Gasteiger partial charge in [0.2, 0.25) is 5.95 Å². The van der Waals surface area contributed by atoms with E-state index in [0.717, 1.165) is 43.9 Å². The smallest absolute Gasteiger partial charge is 0.335 e. The Balaban J connectivity index is 1.58. The highest BCUT2D eigenvalue weighted by atomic mass is 35.5. The molecule has 7 heteroatoms. The van der Waals surface area contributed by atoms with E-state index < -0.39 is 5.97 Å². The zero-order valence-corrected chi connectivity index (χ0v) is 14.7. The Kier molecular flexibility index (Phi) is 5.38. The monoisotopic (exact) mass is 361 g/mol. The molecule has 25 heavy (non-hydrogen) atoms. The molecule has 3 rings (SSSR count). The Bertz CT molecular complexity index is 744. The molecular formula is C18H20ClN3O3. The van der Waals surface area contributed by atoms with Gasteiger partial charge in [-0.15, -0.1) is 0 Å². The van der Waals surface area contributed by atoms with E-state index >= 15 is 0 Å². The molecule has 1 fully saturated rings. The lowest BCUT2D eigenvalue weighted by molar-refractivity contribution is 0.0697. The quantitative estimate of drug-likeness (QED) is 0.879. The summed E-state index contributed by atoms with van der Waals surface area (Å²) < 4.78 is 5.95. The fraction of sp³-hybridized carbons (Fsp3) is 0.389. The Hall–Kier alpha value is -2.34. The van der Waals surface area contributed by atoms with Crippen LogP contribution in [0.5, 0.6) is 5.75 Å². The number of benzene rings is 1. The molecule has 2 aromatic rings. The van der Waals surface area contributed by atoms with Crippen LogP contribution in [0.1, 0.15) is 35.7 Å². The fourth-order valence-corrected chi connectivity index (χ4v) is 3.00. The summed E-state index contributed by atoms with van der Waals surface area (Å²) in [5.74, 6) is 0.268. The van der Waals surface area contributed by atoms with Crippen molar-refractivity contribution in [2.24, 2.45) is 0 Å². The van der Waals surface area contributed by atoms with Crippen molar-refractivity contribution >= 4 is 23.5 Å². The molecule has 0 bridgehead atoms. The van der Waals surface area contributed by atoms with E-state index in [2.05, 4.69) is 21.8 Å². The first-order valence-electron chi connectivity index (χ1n) is 8.32. The number of aromatic nitrogens is 2. The van der Waals surface area contributed by atoms with Gasteiger partial charge in [-0.25, -0.2) is 14.8 Å². The van der Waals surface area contributed by atoms with Gasteiger partial charge in [0.1, 0.15) is 11.9 Å². The second kappa shape index (κ2) is 7.70. The van der Waals surface area contributed by atoms with Gasteiger partial charge < -0.3 is 14.7 Å². The summed E-state index contributed by atoms with van der Waals surface area (Å²) >= 11 is 6.13. The van der Waals surface area contributed by atoms with E-state index in [1.165, 1.54) is 12.1 Å². The number of aryl methyl sites for hydroxylation is 1. The minimum atomic E-state index is -1.00. The zero-order chi connectivity index (χ0) is 17.8. The van der Waals surface area contributed by atoms with E-state index in [9.17, 15) is 4.79 Å². The number of hydrogen-bond acceptors (Lipinski definition) is 5. The van der Waals surface area contributed by atoms with Gasteiger partial charge in [0.25, 0.3) is 0 Å². The van der Waals surface area contributed by atoms with Crippen LogP contribution in [0.3, 0.4) is 0 Å². The number of ether oxygens (including phenoxy) is 1. The zero-order valence-electron chi connectivity index (χ0n) is 14.0. The van der Waals surface area contributed by atoms with E-state index in [-0.39, 0.29) is 11.7 Å². The van der Waals surface area contributed by atoms with Crippen LogP contribution in [-0.4, -0.2) is 40.2 Å². The Labute approximate surface area is 151 Å². The van der Waals surface area contributed by atoms with Crippen molar-refractivity contribution in [3.8, 4) is 5.75 Å². The van der Waals surface area contributed by atoms with Crippen LogP contribution < -0.4 is 9.64 Å². The minimum absolute atomic E-state index is 0.0411. The Morgan fingerprint density at radius 1 is 1.32 bits per heavy atom. The minimum Gasteiger partial charge on any atom is -0.489 e. The summed E-state index contributed by atoms with van der Waals surface area (Å²) in [5.41, 5.74) is 1.28. The van der Waals surface area contributed by atoms with Crippen molar-refractivity contribution in [1.82, 2.24) is 9.97 Å². The number of piperidine rings is 1. The maximum absolute atomic E-state index is 10.9. The highest BCUT2D eigenvalue weighted by molar-refractivity contribution is 6.32. The van der Waals surface area contributed by atoms with Crippen LogP contribution in [0.25, 0.3) is 0 Å². The number of carbonyl (C=O) groups is 1.